The molecule has 0 aliphatic carbocycles. The van der Waals surface area contributed by atoms with Gasteiger partial charge in [-0.1, -0.05) is 48.5 Å². The van der Waals surface area contributed by atoms with Gasteiger partial charge in [-0.3, -0.25) is 14.3 Å². The van der Waals surface area contributed by atoms with E-state index in [1.807, 2.05) is 59.5 Å². The molecule has 0 bridgehead atoms. The summed E-state index contributed by atoms with van der Waals surface area (Å²) in [4.78, 5) is 32.4. The maximum atomic E-state index is 13.3. The smallest absolute Gasteiger partial charge is 0.237 e. The van der Waals surface area contributed by atoms with Gasteiger partial charge in [0.1, 0.15) is 18.1 Å². The van der Waals surface area contributed by atoms with Gasteiger partial charge >= 0.3 is 0 Å². The highest BCUT2D eigenvalue weighted by Crippen LogP contribution is 2.54. The zero-order valence-electron chi connectivity index (χ0n) is 16.6. The highest BCUT2D eigenvalue weighted by atomic mass is 16.2. The molecule has 152 valence electrons. The number of anilines is 1. The van der Waals surface area contributed by atoms with Crippen LogP contribution in [0.25, 0.3) is 0 Å². The quantitative estimate of drug-likeness (QED) is 0.713. The van der Waals surface area contributed by atoms with Crippen LogP contribution in [0.2, 0.25) is 0 Å². The molecule has 5 rings (SSSR count). The van der Waals surface area contributed by atoms with E-state index in [2.05, 4.69) is 15.4 Å². The van der Waals surface area contributed by atoms with Gasteiger partial charge in [0, 0.05) is 25.2 Å². The van der Waals surface area contributed by atoms with E-state index < -0.39 is 5.41 Å². The van der Waals surface area contributed by atoms with Crippen LogP contribution in [-0.2, 0) is 21.5 Å². The number of amides is 2. The number of hydrogen-bond acceptors (Lipinski definition) is 4. The molecular weight excluding hydrogens is 378 g/mol. The number of carbonyl (C=O) groups is 2. The molecule has 1 saturated heterocycles. The van der Waals surface area contributed by atoms with E-state index in [4.69, 9.17) is 0 Å². The van der Waals surface area contributed by atoms with Gasteiger partial charge in [-0.25, -0.2) is 4.98 Å². The predicted molar refractivity (Wildman–Crippen MR) is 112 cm³/mol. The minimum absolute atomic E-state index is 0.0181. The van der Waals surface area contributed by atoms with Crippen molar-refractivity contribution in [3.05, 3.63) is 78.4 Å². The van der Waals surface area contributed by atoms with E-state index in [-0.39, 0.29) is 17.9 Å². The van der Waals surface area contributed by atoms with Crippen molar-refractivity contribution in [1.29, 1.82) is 0 Å². The van der Waals surface area contributed by atoms with Crippen LogP contribution in [0, 0.1) is 0 Å². The normalized spacial score (nSPS) is 22.3. The molecule has 0 radical (unpaired) electrons. The van der Waals surface area contributed by atoms with Crippen LogP contribution in [0.3, 0.4) is 0 Å². The fourth-order valence-electron chi connectivity index (χ4n) is 4.94. The Morgan fingerprint density at radius 3 is 2.73 bits per heavy atom. The maximum absolute atomic E-state index is 13.3. The molecule has 3 heterocycles. The summed E-state index contributed by atoms with van der Waals surface area (Å²) in [6, 6.07) is 17.4. The van der Waals surface area contributed by atoms with Crippen LogP contribution in [0.15, 0.2) is 67.3 Å². The molecule has 1 aromatic heterocycles. The number of carbonyl (C=O) groups excluding carboxylic acids is 2. The SMILES string of the molecule is O=C(CCCn1cncn1)N1CC[C@]2(C(=O)Nc3ccccc32)[C@@H]1c1ccccc1. The molecule has 0 saturated carbocycles. The van der Waals surface area contributed by atoms with Crippen LogP contribution >= 0.6 is 0 Å². The third-order valence-electron chi connectivity index (χ3n) is 6.27. The van der Waals surface area contributed by atoms with Gasteiger partial charge < -0.3 is 10.2 Å². The fraction of sp³-hybridized carbons (Fsp3) is 0.304. The zero-order chi connectivity index (χ0) is 20.6. The summed E-state index contributed by atoms with van der Waals surface area (Å²) < 4.78 is 1.73. The number of nitrogens with one attached hydrogen (secondary N) is 1. The second-order valence-corrected chi connectivity index (χ2v) is 7.88. The molecule has 2 aliphatic heterocycles. The van der Waals surface area contributed by atoms with E-state index in [0.29, 0.717) is 32.4 Å². The Kier molecular flexibility index (Phi) is 4.58. The molecule has 3 aromatic rings. The molecule has 0 unspecified atom stereocenters. The molecule has 2 aromatic carbocycles. The highest BCUT2D eigenvalue weighted by molar-refractivity contribution is 6.07. The van der Waals surface area contributed by atoms with Gasteiger partial charge in [-0.15, -0.1) is 0 Å². The Bertz CT molecular complexity index is 1070. The van der Waals surface area contributed by atoms with Crippen molar-refractivity contribution < 1.29 is 9.59 Å². The molecule has 7 heteroatoms. The first kappa shape index (κ1) is 18.5. The number of rotatable bonds is 5. The van der Waals surface area contributed by atoms with Crippen molar-refractivity contribution in [2.24, 2.45) is 0 Å². The van der Waals surface area contributed by atoms with Crippen molar-refractivity contribution in [2.45, 2.75) is 37.3 Å². The Labute approximate surface area is 174 Å². The van der Waals surface area contributed by atoms with Crippen molar-refractivity contribution in [2.75, 3.05) is 11.9 Å². The summed E-state index contributed by atoms with van der Waals surface area (Å²) in [6.07, 6.45) is 4.85. The first-order chi connectivity index (χ1) is 14.7. The average molecular weight is 401 g/mol. The molecule has 30 heavy (non-hydrogen) atoms. The number of likely N-dealkylation sites (tertiary alicyclic amines) is 1. The van der Waals surface area contributed by atoms with Crippen molar-refractivity contribution >= 4 is 17.5 Å². The molecular formula is C23H23N5O2. The van der Waals surface area contributed by atoms with Crippen molar-refractivity contribution in [3.8, 4) is 0 Å². The van der Waals surface area contributed by atoms with Crippen LogP contribution in [0.5, 0.6) is 0 Å². The molecule has 2 atom stereocenters. The van der Waals surface area contributed by atoms with Crippen LogP contribution in [0.4, 0.5) is 5.69 Å². The Balaban J connectivity index is 1.47. The van der Waals surface area contributed by atoms with Gasteiger partial charge in [0.15, 0.2) is 0 Å². The second-order valence-electron chi connectivity index (χ2n) is 7.88. The number of fused-ring (bicyclic) bond motifs is 2. The minimum atomic E-state index is -0.750. The minimum Gasteiger partial charge on any atom is -0.334 e. The van der Waals surface area contributed by atoms with Gasteiger partial charge in [-0.05, 0) is 30.0 Å². The van der Waals surface area contributed by atoms with Gasteiger partial charge in [0.05, 0.1) is 6.04 Å². The molecule has 2 aliphatic rings. The van der Waals surface area contributed by atoms with E-state index in [1.54, 1.807) is 11.0 Å². The van der Waals surface area contributed by atoms with Crippen LogP contribution in [0.1, 0.15) is 36.4 Å². The lowest BCUT2D eigenvalue weighted by Crippen LogP contribution is -2.42. The molecule has 1 spiro atoms. The largest absolute Gasteiger partial charge is 0.334 e. The first-order valence-corrected chi connectivity index (χ1v) is 10.3. The predicted octanol–water partition coefficient (Wildman–Crippen LogP) is 2.92. The Morgan fingerprint density at radius 2 is 1.93 bits per heavy atom. The lowest BCUT2D eigenvalue weighted by molar-refractivity contribution is -0.133. The van der Waals surface area contributed by atoms with Crippen molar-refractivity contribution in [1.82, 2.24) is 19.7 Å². The summed E-state index contributed by atoms with van der Waals surface area (Å²) >= 11 is 0. The van der Waals surface area contributed by atoms with Gasteiger partial charge in [0.2, 0.25) is 11.8 Å². The zero-order valence-corrected chi connectivity index (χ0v) is 16.6. The lowest BCUT2D eigenvalue weighted by atomic mass is 9.72. The number of para-hydroxylation sites is 1. The van der Waals surface area contributed by atoms with E-state index in [9.17, 15) is 9.59 Å². The Hall–Kier alpha value is -3.48. The number of aryl methyl sites for hydroxylation is 1. The summed E-state index contributed by atoms with van der Waals surface area (Å²) in [5.74, 6) is 0.0495. The van der Waals surface area contributed by atoms with E-state index in [1.165, 1.54) is 6.33 Å². The summed E-state index contributed by atoms with van der Waals surface area (Å²) in [7, 11) is 0. The van der Waals surface area contributed by atoms with E-state index >= 15 is 0 Å². The standard InChI is InChI=1S/C23H23N5O2/c29-20(11-6-13-27-16-24-15-25-27)28-14-12-23(21(28)17-7-2-1-3-8-17)18-9-4-5-10-19(18)26-22(23)30/h1-5,7-10,15-16,21H,6,11-14H2,(H,26,30)/t21-,23+/m0/s1. The van der Waals surface area contributed by atoms with Crippen LogP contribution in [-0.4, -0.2) is 38.0 Å². The summed E-state index contributed by atoms with van der Waals surface area (Å²) in [5, 5.41) is 7.15. The molecule has 1 fully saturated rings. The number of nitrogens with zero attached hydrogens (tertiary/aromatic N) is 4. The topological polar surface area (TPSA) is 80.1 Å². The monoisotopic (exact) mass is 401 g/mol. The second kappa shape index (κ2) is 7.40. The van der Waals surface area contributed by atoms with Crippen LogP contribution < -0.4 is 5.32 Å². The first-order valence-electron chi connectivity index (χ1n) is 10.3. The third-order valence-corrected chi connectivity index (χ3v) is 6.27. The summed E-state index contributed by atoms with van der Waals surface area (Å²) in [5.41, 5.74) is 2.08. The average Bonchev–Trinajstić information content (AvgIpc) is 3.49. The van der Waals surface area contributed by atoms with Crippen molar-refractivity contribution in [3.63, 3.8) is 0 Å². The van der Waals surface area contributed by atoms with Gasteiger partial charge in [-0.2, -0.15) is 5.10 Å². The highest BCUT2D eigenvalue weighted by Gasteiger charge is 2.59. The lowest BCUT2D eigenvalue weighted by Gasteiger charge is -2.34. The van der Waals surface area contributed by atoms with Gasteiger partial charge in [0.25, 0.3) is 0 Å². The van der Waals surface area contributed by atoms with E-state index in [0.717, 1.165) is 16.8 Å². The molecule has 2 amide bonds. The third kappa shape index (κ3) is 2.89. The number of benzene rings is 2. The fourth-order valence-corrected chi connectivity index (χ4v) is 4.94. The maximum Gasteiger partial charge on any atom is 0.237 e. The molecule has 1 N–H and O–H groups in total. The summed E-state index contributed by atoms with van der Waals surface area (Å²) in [6.45, 7) is 1.20. The number of hydrogen-bond donors (Lipinski definition) is 1. The Morgan fingerprint density at radius 1 is 1.13 bits per heavy atom. The number of aromatic nitrogens is 3. The molecule has 7 nitrogen and oxygen atoms in total.